The van der Waals surface area contributed by atoms with E-state index in [1.807, 2.05) is 18.2 Å². The number of carbonyl (C=O) groups is 1. The Labute approximate surface area is 166 Å². The molecule has 0 aliphatic rings. The predicted molar refractivity (Wildman–Crippen MR) is 109 cm³/mol. The van der Waals surface area contributed by atoms with E-state index in [0.717, 1.165) is 24.4 Å². The molecule has 2 aromatic rings. The maximum atomic E-state index is 12.2. The molecule has 0 aliphatic heterocycles. The number of ether oxygens (including phenoxy) is 2. The van der Waals surface area contributed by atoms with Crippen molar-refractivity contribution >= 4 is 17.5 Å². The predicted octanol–water partition coefficient (Wildman–Crippen LogP) is 3.93. The van der Waals surface area contributed by atoms with Crippen LogP contribution in [0.25, 0.3) is 0 Å². The Morgan fingerprint density at radius 2 is 1.81 bits per heavy atom. The monoisotopic (exact) mass is 390 g/mol. The van der Waals surface area contributed by atoms with Gasteiger partial charge in [-0.15, -0.1) is 0 Å². The molecule has 6 heteroatoms. The summed E-state index contributed by atoms with van der Waals surface area (Å²) in [5.41, 5.74) is 1.11. The number of amides is 1. The van der Waals surface area contributed by atoms with Gasteiger partial charge in [0.1, 0.15) is 11.5 Å². The molecule has 0 bridgehead atoms. The zero-order chi connectivity index (χ0) is 19.6. The summed E-state index contributed by atoms with van der Waals surface area (Å²) >= 11 is 5.85. The van der Waals surface area contributed by atoms with Gasteiger partial charge in [-0.25, -0.2) is 0 Å². The number of halogens is 1. The van der Waals surface area contributed by atoms with Crippen molar-refractivity contribution in [3.8, 4) is 11.5 Å². The molecule has 1 atom stereocenters. The van der Waals surface area contributed by atoms with E-state index in [0.29, 0.717) is 17.3 Å². The van der Waals surface area contributed by atoms with Gasteiger partial charge < -0.3 is 14.8 Å². The SMILES string of the molecule is CCN(CC)C(CNC(=O)COc1ccc(Cl)cc1)c1cccc(OC)c1. The number of methoxy groups -OCH3 is 1. The lowest BCUT2D eigenvalue weighted by Crippen LogP contribution is -2.39. The van der Waals surface area contributed by atoms with Gasteiger partial charge in [0, 0.05) is 11.6 Å². The number of carbonyl (C=O) groups excluding carboxylic acids is 1. The first-order chi connectivity index (χ1) is 13.1. The van der Waals surface area contributed by atoms with Crippen molar-refractivity contribution in [1.82, 2.24) is 10.2 Å². The Kier molecular flexibility index (Phi) is 8.43. The van der Waals surface area contributed by atoms with E-state index in [2.05, 4.69) is 30.1 Å². The van der Waals surface area contributed by atoms with E-state index in [1.54, 1.807) is 31.4 Å². The molecule has 0 aliphatic carbocycles. The number of hydrogen-bond donors (Lipinski definition) is 1. The Morgan fingerprint density at radius 3 is 2.44 bits per heavy atom. The van der Waals surface area contributed by atoms with Crippen LogP contribution >= 0.6 is 11.6 Å². The van der Waals surface area contributed by atoms with E-state index < -0.39 is 0 Å². The van der Waals surface area contributed by atoms with E-state index in [4.69, 9.17) is 21.1 Å². The van der Waals surface area contributed by atoms with Crippen molar-refractivity contribution in [3.63, 3.8) is 0 Å². The van der Waals surface area contributed by atoms with Gasteiger partial charge >= 0.3 is 0 Å². The lowest BCUT2D eigenvalue weighted by atomic mass is 10.0. The molecule has 5 nitrogen and oxygen atoms in total. The minimum Gasteiger partial charge on any atom is -0.497 e. The first-order valence-electron chi connectivity index (χ1n) is 9.10. The normalized spacial score (nSPS) is 11.9. The van der Waals surface area contributed by atoms with Gasteiger partial charge in [-0.1, -0.05) is 37.6 Å². The van der Waals surface area contributed by atoms with Crippen LogP contribution in [0.1, 0.15) is 25.5 Å². The van der Waals surface area contributed by atoms with Crippen LogP contribution in [0.2, 0.25) is 5.02 Å². The second-order valence-corrected chi connectivity index (χ2v) is 6.50. The molecule has 0 spiro atoms. The van der Waals surface area contributed by atoms with Crippen LogP contribution < -0.4 is 14.8 Å². The summed E-state index contributed by atoms with van der Waals surface area (Å²) in [5.74, 6) is 1.26. The first-order valence-corrected chi connectivity index (χ1v) is 9.48. The van der Waals surface area contributed by atoms with Gasteiger partial charge in [0.15, 0.2) is 6.61 Å². The number of likely N-dealkylation sites (N-methyl/N-ethyl adjacent to an activating group) is 1. The number of rotatable bonds is 10. The molecule has 0 radical (unpaired) electrons. The Hall–Kier alpha value is -2.24. The third-order valence-corrected chi connectivity index (χ3v) is 4.66. The molecule has 0 saturated heterocycles. The zero-order valence-corrected chi connectivity index (χ0v) is 16.8. The molecular formula is C21H27ClN2O3. The maximum Gasteiger partial charge on any atom is 0.258 e. The summed E-state index contributed by atoms with van der Waals surface area (Å²) in [4.78, 5) is 14.5. The number of nitrogens with one attached hydrogen (secondary N) is 1. The van der Waals surface area contributed by atoms with Crippen molar-refractivity contribution in [1.29, 1.82) is 0 Å². The van der Waals surface area contributed by atoms with E-state index in [9.17, 15) is 4.79 Å². The highest BCUT2D eigenvalue weighted by Gasteiger charge is 2.19. The first kappa shape index (κ1) is 21.1. The van der Waals surface area contributed by atoms with Gasteiger partial charge in [-0.3, -0.25) is 9.69 Å². The molecule has 146 valence electrons. The maximum absolute atomic E-state index is 12.2. The second-order valence-electron chi connectivity index (χ2n) is 6.06. The summed E-state index contributed by atoms with van der Waals surface area (Å²) in [6, 6.07) is 15.0. The largest absolute Gasteiger partial charge is 0.497 e. The van der Waals surface area contributed by atoms with E-state index in [-0.39, 0.29) is 18.6 Å². The summed E-state index contributed by atoms with van der Waals surface area (Å²) < 4.78 is 10.8. The molecule has 0 heterocycles. The second kappa shape index (κ2) is 10.8. The zero-order valence-electron chi connectivity index (χ0n) is 16.1. The lowest BCUT2D eigenvalue weighted by molar-refractivity contribution is -0.123. The van der Waals surface area contributed by atoms with Crippen molar-refractivity contribution in [3.05, 3.63) is 59.1 Å². The fraction of sp³-hybridized carbons (Fsp3) is 0.381. The molecule has 27 heavy (non-hydrogen) atoms. The van der Waals surface area contributed by atoms with Crippen LogP contribution in [0.3, 0.4) is 0 Å². The third-order valence-electron chi connectivity index (χ3n) is 4.41. The quantitative estimate of drug-likeness (QED) is 0.667. The highest BCUT2D eigenvalue weighted by atomic mass is 35.5. The van der Waals surface area contributed by atoms with E-state index >= 15 is 0 Å². The number of benzene rings is 2. The van der Waals surface area contributed by atoms with Crippen molar-refractivity contribution in [2.24, 2.45) is 0 Å². The molecule has 2 rings (SSSR count). The van der Waals surface area contributed by atoms with Crippen LogP contribution in [0.5, 0.6) is 11.5 Å². The molecule has 0 saturated carbocycles. The van der Waals surface area contributed by atoms with Crippen LogP contribution in [0, 0.1) is 0 Å². The minimum absolute atomic E-state index is 0.0370. The topological polar surface area (TPSA) is 50.8 Å². The molecule has 0 fully saturated rings. The van der Waals surface area contributed by atoms with Crippen molar-refractivity contribution < 1.29 is 14.3 Å². The fourth-order valence-electron chi connectivity index (χ4n) is 2.91. The highest BCUT2D eigenvalue weighted by Crippen LogP contribution is 2.23. The Balaban J connectivity index is 1.97. The molecule has 0 aromatic heterocycles. The van der Waals surface area contributed by atoms with Gasteiger partial charge in [0.05, 0.1) is 13.2 Å². The van der Waals surface area contributed by atoms with Gasteiger partial charge in [-0.2, -0.15) is 0 Å². The minimum atomic E-state index is -0.162. The molecule has 1 unspecified atom stereocenters. The van der Waals surface area contributed by atoms with Gasteiger partial charge in [0.2, 0.25) is 0 Å². The molecular weight excluding hydrogens is 364 g/mol. The van der Waals surface area contributed by atoms with Crippen LogP contribution in [0.15, 0.2) is 48.5 Å². The van der Waals surface area contributed by atoms with Gasteiger partial charge in [0.25, 0.3) is 5.91 Å². The molecule has 1 N–H and O–H groups in total. The number of hydrogen-bond acceptors (Lipinski definition) is 4. The summed E-state index contributed by atoms with van der Waals surface area (Å²) in [6.45, 7) is 6.46. The van der Waals surface area contributed by atoms with Gasteiger partial charge in [-0.05, 0) is 55.1 Å². The number of nitrogens with zero attached hydrogens (tertiary/aromatic N) is 1. The molecule has 2 aromatic carbocycles. The summed E-state index contributed by atoms with van der Waals surface area (Å²) in [5, 5.41) is 3.61. The van der Waals surface area contributed by atoms with Crippen molar-refractivity contribution in [2.75, 3.05) is 33.4 Å². The fourth-order valence-corrected chi connectivity index (χ4v) is 3.04. The van der Waals surface area contributed by atoms with E-state index in [1.165, 1.54) is 0 Å². The van der Waals surface area contributed by atoms with Crippen molar-refractivity contribution in [2.45, 2.75) is 19.9 Å². The summed E-state index contributed by atoms with van der Waals surface area (Å²) in [7, 11) is 1.65. The third kappa shape index (κ3) is 6.45. The Morgan fingerprint density at radius 1 is 1.11 bits per heavy atom. The lowest BCUT2D eigenvalue weighted by Gasteiger charge is -2.30. The standard InChI is InChI=1S/C21H27ClN2O3/c1-4-24(5-2)20(16-7-6-8-19(13-16)26-3)14-23-21(25)15-27-18-11-9-17(22)10-12-18/h6-13,20H,4-5,14-15H2,1-3H3,(H,23,25). The molecule has 1 amide bonds. The average Bonchev–Trinajstić information content (AvgIpc) is 2.70. The van der Waals surface area contributed by atoms with Crippen LogP contribution in [-0.2, 0) is 4.79 Å². The Bertz CT molecular complexity index is 718. The van der Waals surface area contributed by atoms with Crippen LogP contribution in [0.4, 0.5) is 0 Å². The van der Waals surface area contributed by atoms with Crippen LogP contribution in [-0.4, -0.2) is 44.2 Å². The average molecular weight is 391 g/mol. The summed E-state index contributed by atoms with van der Waals surface area (Å²) in [6.07, 6.45) is 0. The smallest absolute Gasteiger partial charge is 0.258 e. The highest BCUT2D eigenvalue weighted by molar-refractivity contribution is 6.30.